The van der Waals surface area contributed by atoms with Crippen LogP contribution >= 0.6 is 0 Å². The second-order valence-electron chi connectivity index (χ2n) is 10.9. The summed E-state index contributed by atoms with van der Waals surface area (Å²) < 4.78 is 5.74. The predicted octanol–water partition coefficient (Wildman–Crippen LogP) is 10.00. The minimum absolute atomic E-state index is 0.128. The van der Waals surface area contributed by atoms with Crippen LogP contribution in [0, 0.1) is 11.3 Å². The summed E-state index contributed by atoms with van der Waals surface area (Å²) in [6, 6.07) is 39.6. The van der Waals surface area contributed by atoms with Gasteiger partial charge in [-0.05, 0) is 95.3 Å². The molecule has 216 valence electrons. The normalized spacial score (nSPS) is 13.3. The molecule has 0 atom stereocenters. The van der Waals surface area contributed by atoms with Crippen molar-refractivity contribution in [2.45, 2.75) is 32.1 Å². The van der Waals surface area contributed by atoms with Crippen molar-refractivity contribution in [2.24, 2.45) is 0 Å². The van der Waals surface area contributed by atoms with E-state index in [9.17, 15) is 4.79 Å². The highest BCUT2D eigenvalue weighted by atomic mass is 16.4. The molecule has 1 aliphatic carbocycles. The van der Waals surface area contributed by atoms with E-state index in [0.717, 1.165) is 35.5 Å². The number of para-hydroxylation sites is 2. The lowest BCUT2D eigenvalue weighted by Gasteiger charge is -2.32. The Kier molecular flexibility index (Phi) is 7.74. The molecule has 44 heavy (non-hydrogen) atoms. The maximum absolute atomic E-state index is 11.2. The Morgan fingerprint density at radius 1 is 0.773 bits per heavy atom. The quantitative estimate of drug-likeness (QED) is 0.140. The highest BCUT2D eigenvalue weighted by molar-refractivity contribution is 5.96. The van der Waals surface area contributed by atoms with Crippen molar-refractivity contribution >= 4 is 41.3 Å². The Bertz CT molecular complexity index is 1880. The summed E-state index contributed by atoms with van der Waals surface area (Å²) in [7, 11) is 0. The maximum atomic E-state index is 11.2. The molecule has 4 aromatic carbocycles. The number of benzene rings is 4. The van der Waals surface area contributed by atoms with E-state index in [1.807, 2.05) is 24.3 Å². The Hall–Kier alpha value is -5.60. The Labute approximate surface area is 257 Å². The van der Waals surface area contributed by atoms with Gasteiger partial charge in [0.25, 0.3) is 0 Å². The Morgan fingerprint density at radius 3 is 1.95 bits per heavy atom. The van der Waals surface area contributed by atoms with Crippen LogP contribution in [0.5, 0.6) is 0 Å². The fourth-order valence-corrected chi connectivity index (χ4v) is 6.35. The summed E-state index contributed by atoms with van der Waals surface area (Å²) in [6.45, 7) is 4.54. The number of furan rings is 1. The van der Waals surface area contributed by atoms with Gasteiger partial charge in [-0.1, -0.05) is 80.6 Å². The Morgan fingerprint density at radius 2 is 1.36 bits per heavy atom. The minimum atomic E-state index is -1.28. The molecule has 0 saturated heterocycles. The van der Waals surface area contributed by atoms with E-state index in [1.54, 1.807) is 18.2 Å². The molecule has 0 amide bonds. The molecule has 1 aliphatic rings. The summed E-state index contributed by atoms with van der Waals surface area (Å²) in [6.07, 6.45) is 7.04. The molecule has 1 heterocycles. The number of hydrogen-bond donors (Lipinski definition) is 1. The van der Waals surface area contributed by atoms with Gasteiger partial charge in [0, 0.05) is 28.6 Å². The summed E-state index contributed by atoms with van der Waals surface area (Å²) in [5.74, 6) is -0.387. The molecule has 5 heteroatoms. The number of nitriles is 1. The van der Waals surface area contributed by atoms with Gasteiger partial charge in [-0.2, -0.15) is 5.26 Å². The van der Waals surface area contributed by atoms with Gasteiger partial charge in [-0.25, -0.2) is 4.79 Å². The summed E-state index contributed by atoms with van der Waals surface area (Å²) in [5, 5.41) is 18.1. The number of fused-ring (bicyclic) bond motifs is 3. The van der Waals surface area contributed by atoms with E-state index in [-0.39, 0.29) is 11.0 Å². The van der Waals surface area contributed by atoms with Gasteiger partial charge in [-0.15, -0.1) is 0 Å². The van der Waals surface area contributed by atoms with Crippen molar-refractivity contribution in [3.05, 3.63) is 143 Å². The van der Waals surface area contributed by atoms with Crippen LogP contribution in [-0.2, 0) is 10.2 Å². The molecule has 0 fully saturated rings. The van der Waals surface area contributed by atoms with Crippen LogP contribution in [0.4, 0.5) is 17.1 Å². The lowest BCUT2D eigenvalue weighted by atomic mass is 9.73. The van der Waals surface area contributed by atoms with E-state index >= 15 is 0 Å². The molecule has 0 aliphatic heterocycles. The number of hydrogen-bond acceptors (Lipinski definition) is 4. The number of anilines is 3. The maximum Gasteiger partial charge on any atom is 0.346 e. The number of carbonyl (C=O) groups is 1. The molecule has 5 nitrogen and oxygen atoms in total. The smallest absolute Gasteiger partial charge is 0.346 e. The SMILES string of the molecule is CCC1(CC)c2cc(/C=C/c3ccc(/C=C(\C#N)C(=O)O)o3)ccc2-c2ccc(N(c3ccccc3)c3ccccc3)cc21. The van der Waals surface area contributed by atoms with Crippen molar-refractivity contribution in [1.82, 2.24) is 0 Å². The van der Waals surface area contributed by atoms with Crippen LogP contribution in [0.3, 0.4) is 0 Å². The third-order valence-electron chi connectivity index (χ3n) is 8.59. The molecule has 0 spiro atoms. The minimum Gasteiger partial charge on any atom is -0.477 e. The fourth-order valence-electron chi connectivity index (χ4n) is 6.35. The van der Waals surface area contributed by atoms with Crippen LogP contribution in [0.25, 0.3) is 29.4 Å². The van der Waals surface area contributed by atoms with Gasteiger partial charge in [0.1, 0.15) is 23.2 Å². The van der Waals surface area contributed by atoms with Crippen molar-refractivity contribution in [2.75, 3.05) is 4.90 Å². The number of carboxylic acid groups (broad SMARTS) is 1. The standard InChI is InChI=1S/C39H32N2O3/c1-3-39(4-2)36-23-27(15-18-32-19-20-33(44-32)24-28(26-40)38(42)43)16-21-34(36)35-22-17-31(25-37(35)39)41(29-11-7-5-8-12-29)30-13-9-6-10-14-30/h5-25H,3-4H2,1-2H3,(H,42,43)/b18-15+,28-24+. The van der Waals surface area contributed by atoms with E-state index in [1.165, 1.54) is 28.3 Å². The van der Waals surface area contributed by atoms with Gasteiger partial charge < -0.3 is 14.4 Å². The highest BCUT2D eigenvalue weighted by Gasteiger charge is 2.41. The Balaban J connectivity index is 1.37. The van der Waals surface area contributed by atoms with Crippen LogP contribution < -0.4 is 4.90 Å². The first kappa shape index (κ1) is 28.5. The zero-order valence-electron chi connectivity index (χ0n) is 24.7. The van der Waals surface area contributed by atoms with E-state index < -0.39 is 5.97 Å². The van der Waals surface area contributed by atoms with Crippen molar-refractivity contribution < 1.29 is 14.3 Å². The second-order valence-corrected chi connectivity index (χ2v) is 10.9. The molecule has 0 saturated carbocycles. The van der Waals surface area contributed by atoms with Gasteiger partial charge in [-0.3, -0.25) is 0 Å². The zero-order valence-corrected chi connectivity index (χ0v) is 24.7. The number of rotatable bonds is 9. The van der Waals surface area contributed by atoms with Crippen molar-refractivity contribution in [3.63, 3.8) is 0 Å². The molecular weight excluding hydrogens is 544 g/mol. The molecule has 0 bridgehead atoms. The van der Waals surface area contributed by atoms with E-state index in [2.05, 4.69) is 104 Å². The van der Waals surface area contributed by atoms with Crippen LogP contribution in [0.1, 0.15) is 54.9 Å². The lowest BCUT2D eigenvalue weighted by Crippen LogP contribution is -2.23. The number of carboxylic acids is 1. The van der Waals surface area contributed by atoms with Crippen molar-refractivity contribution in [3.8, 4) is 17.2 Å². The van der Waals surface area contributed by atoms with Gasteiger partial charge in [0.2, 0.25) is 0 Å². The molecule has 0 unspecified atom stereocenters. The largest absolute Gasteiger partial charge is 0.477 e. The summed E-state index contributed by atoms with van der Waals surface area (Å²) in [4.78, 5) is 13.5. The van der Waals surface area contributed by atoms with E-state index in [4.69, 9.17) is 14.8 Å². The van der Waals surface area contributed by atoms with Gasteiger partial charge in [0.15, 0.2) is 0 Å². The second kappa shape index (κ2) is 11.9. The number of aliphatic carboxylic acids is 1. The van der Waals surface area contributed by atoms with Crippen molar-refractivity contribution in [1.29, 1.82) is 5.26 Å². The first-order valence-corrected chi connectivity index (χ1v) is 14.8. The average Bonchev–Trinajstić information content (AvgIpc) is 3.63. The third kappa shape index (κ3) is 5.12. The zero-order chi connectivity index (χ0) is 30.7. The average molecular weight is 577 g/mol. The summed E-state index contributed by atoms with van der Waals surface area (Å²) >= 11 is 0. The molecule has 1 N–H and O–H groups in total. The lowest BCUT2D eigenvalue weighted by molar-refractivity contribution is -0.132. The van der Waals surface area contributed by atoms with Gasteiger partial charge in [0.05, 0.1) is 0 Å². The summed E-state index contributed by atoms with van der Waals surface area (Å²) in [5.41, 5.74) is 9.12. The number of nitrogens with zero attached hydrogens (tertiary/aromatic N) is 2. The topological polar surface area (TPSA) is 77.5 Å². The molecule has 6 rings (SSSR count). The van der Waals surface area contributed by atoms with Crippen LogP contribution in [-0.4, -0.2) is 11.1 Å². The molecular formula is C39H32N2O3. The fraction of sp³-hybridized carbons (Fsp3) is 0.128. The highest BCUT2D eigenvalue weighted by Crippen LogP contribution is 2.54. The van der Waals surface area contributed by atoms with Gasteiger partial charge >= 0.3 is 5.97 Å². The van der Waals surface area contributed by atoms with Crippen LogP contribution in [0.15, 0.2) is 119 Å². The molecule has 0 radical (unpaired) electrons. The molecule has 5 aromatic rings. The third-order valence-corrected chi connectivity index (χ3v) is 8.59. The van der Waals surface area contributed by atoms with E-state index in [0.29, 0.717) is 11.5 Å². The first-order chi connectivity index (χ1) is 21.5. The first-order valence-electron chi connectivity index (χ1n) is 14.8. The monoisotopic (exact) mass is 576 g/mol. The predicted molar refractivity (Wildman–Crippen MR) is 177 cm³/mol. The molecule has 1 aromatic heterocycles. The van der Waals surface area contributed by atoms with Crippen LogP contribution in [0.2, 0.25) is 0 Å².